The van der Waals surface area contributed by atoms with E-state index in [1.807, 2.05) is 41.3 Å². The van der Waals surface area contributed by atoms with Gasteiger partial charge in [-0.05, 0) is 17.9 Å². The Kier molecular flexibility index (Phi) is 5.81. The van der Waals surface area contributed by atoms with E-state index in [1.54, 1.807) is 0 Å². The Morgan fingerprint density at radius 1 is 1.23 bits per heavy atom. The van der Waals surface area contributed by atoms with Crippen LogP contribution in [0.4, 0.5) is 13.2 Å². The Bertz CT molecular complexity index is 496. The minimum atomic E-state index is -4.15. The molecule has 6 heteroatoms. The molecule has 1 aromatic carbocycles. The van der Waals surface area contributed by atoms with Gasteiger partial charge in [-0.2, -0.15) is 18.4 Å². The van der Waals surface area contributed by atoms with Crippen LogP contribution in [0.25, 0.3) is 0 Å². The number of alkyl halides is 3. The van der Waals surface area contributed by atoms with Crippen molar-refractivity contribution in [3.8, 4) is 6.07 Å². The lowest BCUT2D eigenvalue weighted by Gasteiger charge is -2.37. The summed E-state index contributed by atoms with van der Waals surface area (Å²) in [6, 6.07) is 11.8. The van der Waals surface area contributed by atoms with Crippen LogP contribution in [-0.2, 0) is 6.54 Å². The normalized spacial score (nSPS) is 23.2. The third-order valence-corrected chi connectivity index (χ3v) is 3.86. The SMILES string of the molecule is N#CCN1CC(CC(F)(F)F)CC(NCc2ccccc2)C1. The molecule has 1 aliphatic heterocycles. The minimum absolute atomic E-state index is 0.0188. The highest BCUT2D eigenvalue weighted by Crippen LogP contribution is 2.30. The van der Waals surface area contributed by atoms with Gasteiger partial charge in [0.05, 0.1) is 12.6 Å². The van der Waals surface area contributed by atoms with Crippen LogP contribution in [-0.4, -0.2) is 36.8 Å². The van der Waals surface area contributed by atoms with Gasteiger partial charge in [0.25, 0.3) is 0 Å². The van der Waals surface area contributed by atoms with Crippen molar-refractivity contribution < 1.29 is 13.2 Å². The van der Waals surface area contributed by atoms with E-state index in [0.29, 0.717) is 26.1 Å². The van der Waals surface area contributed by atoms with E-state index in [0.717, 1.165) is 5.56 Å². The minimum Gasteiger partial charge on any atom is -0.309 e. The van der Waals surface area contributed by atoms with Gasteiger partial charge >= 0.3 is 6.18 Å². The second kappa shape index (κ2) is 7.61. The smallest absolute Gasteiger partial charge is 0.309 e. The fourth-order valence-electron chi connectivity index (χ4n) is 3.01. The molecule has 2 rings (SSSR count). The van der Waals surface area contributed by atoms with Crippen LogP contribution in [0.15, 0.2) is 30.3 Å². The van der Waals surface area contributed by atoms with Gasteiger partial charge in [0.15, 0.2) is 0 Å². The number of hydrogen-bond donors (Lipinski definition) is 1. The van der Waals surface area contributed by atoms with Crippen molar-refractivity contribution in [2.75, 3.05) is 19.6 Å². The summed E-state index contributed by atoms with van der Waals surface area (Å²) in [4.78, 5) is 1.81. The highest BCUT2D eigenvalue weighted by molar-refractivity contribution is 5.14. The fourth-order valence-corrected chi connectivity index (χ4v) is 3.01. The van der Waals surface area contributed by atoms with Crippen LogP contribution >= 0.6 is 0 Å². The maximum absolute atomic E-state index is 12.6. The number of nitriles is 1. The van der Waals surface area contributed by atoms with Crippen LogP contribution in [0.5, 0.6) is 0 Å². The average molecular weight is 311 g/mol. The Morgan fingerprint density at radius 2 is 1.95 bits per heavy atom. The zero-order valence-electron chi connectivity index (χ0n) is 12.3. The zero-order valence-corrected chi connectivity index (χ0v) is 12.3. The Morgan fingerprint density at radius 3 is 2.59 bits per heavy atom. The van der Waals surface area contributed by atoms with Gasteiger partial charge in [-0.15, -0.1) is 0 Å². The molecule has 0 aromatic heterocycles. The fraction of sp³-hybridized carbons (Fsp3) is 0.562. The van der Waals surface area contributed by atoms with Crippen molar-refractivity contribution in [3.63, 3.8) is 0 Å². The lowest BCUT2D eigenvalue weighted by Crippen LogP contribution is -2.49. The average Bonchev–Trinajstić information content (AvgIpc) is 2.44. The number of nitrogens with one attached hydrogen (secondary N) is 1. The van der Waals surface area contributed by atoms with E-state index in [1.165, 1.54) is 0 Å². The molecule has 120 valence electrons. The summed E-state index contributed by atoms with van der Waals surface area (Å²) in [5.74, 6) is -0.449. The molecule has 2 atom stereocenters. The summed E-state index contributed by atoms with van der Waals surface area (Å²) in [5, 5.41) is 12.1. The highest BCUT2D eigenvalue weighted by Gasteiger charge is 2.36. The number of benzene rings is 1. The van der Waals surface area contributed by atoms with Gasteiger partial charge in [-0.25, -0.2) is 0 Å². The topological polar surface area (TPSA) is 39.1 Å². The molecular formula is C16H20F3N3. The van der Waals surface area contributed by atoms with Crippen molar-refractivity contribution in [1.29, 1.82) is 5.26 Å². The maximum atomic E-state index is 12.6. The molecule has 1 N–H and O–H groups in total. The van der Waals surface area contributed by atoms with E-state index in [9.17, 15) is 13.2 Å². The van der Waals surface area contributed by atoms with Gasteiger partial charge in [0.1, 0.15) is 0 Å². The number of hydrogen-bond acceptors (Lipinski definition) is 3. The molecule has 1 heterocycles. The number of nitrogens with zero attached hydrogens (tertiary/aromatic N) is 2. The standard InChI is InChI=1S/C16H20F3N3/c17-16(18,19)9-14-8-15(12-22(11-14)7-6-20)21-10-13-4-2-1-3-5-13/h1-5,14-15,21H,7-12H2. The van der Waals surface area contributed by atoms with Crippen LogP contribution in [0.2, 0.25) is 0 Å². The number of rotatable bonds is 5. The quantitative estimate of drug-likeness (QED) is 0.850. The van der Waals surface area contributed by atoms with Gasteiger partial charge < -0.3 is 5.32 Å². The molecular weight excluding hydrogens is 291 g/mol. The molecule has 0 amide bonds. The maximum Gasteiger partial charge on any atom is 0.389 e. The molecule has 0 bridgehead atoms. The summed E-state index contributed by atoms with van der Waals surface area (Å²) >= 11 is 0. The van der Waals surface area contributed by atoms with E-state index in [-0.39, 0.29) is 12.6 Å². The van der Waals surface area contributed by atoms with E-state index < -0.39 is 18.5 Å². The van der Waals surface area contributed by atoms with Crippen LogP contribution in [0, 0.1) is 17.2 Å². The molecule has 1 aliphatic rings. The van der Waals surface area contributed by atoms with E-state index >= 15 is 0 Å². The first-order valence-corrected chi connectivity index (χ1v) is 7.39. The van der Waals surface area contributed by atoms with Gasteiger partial charge in [0.2, 0.25) is 0 Å². The summed E-state index contributed by atoms with van der Waals surface area (Å²) in [7, 11) is 0. The molecule has 3 nitrogen and oxygen atoms in total. The van der Waals surface area contributed by atoms with Crippen LogP contribution in [0.1, 0.15) is 18.4 Å². The predicted molar refractivity (Wildman–Crippen MR) is 77.9 cm³/mol. The van der Waals surface area contributed by atoms with Gasteiger partial charge in [-0.1, -0.05) is 30.3 Å². The summed E-state index contributed by atoms with van der Waals surface area (Å²) in [5.41, 5.74) is 1.10. The largest absolute Gasteiger partial charge is 0.389 e. The van der Waals surface area contributed by atoms with Crippen molar-refractivity contribution in [2.24, 2.45) is 5.92 Å². The van der Waals surface area contributed by atoms with E-state index in [2.05, 4.69) is 5.32 Å². The van der Waals surface area contributed by atoms with Gasteiger partial charge in [0, 0.05) is 32.1 Å². The summed E-state index contributed by atoms with van der Waals surface area (Å²) in [6.45, 7) is 1.77. The molecule has 22 heavy (non-hydrogen) atoms. The highest BCUT2D eigenvalue weighted by atomic mass is 19.4. The second-order valence-corrected chi connectivity index (χ2v) is 5.84. The molecule has 0 aliphatic carbocycles. The molecule has 1 aromatic rings. The second-order valence-electron chi connectivity index (χ2n) is 5.84. The Balaban J connectivity index is 1.92. The van der Waals surface area contributed by atoms with Crippen molar-refractivity contribution in [3.05, 3.63) is 35.9 Å². The molecule has 2 unspecified atom stereocenters. The van der Waals surface area contributed by atoms with Crippen molar-refractivity contribution in [2.45, 2.75) is 31.6 Å². The Hall–Kier alpha value is -1.58. The zero-order chi connectivity index (χ0) is 16.0. The first kappa shape index (κ1) is 16.8. The first-order valence-electron chi connectivity index (χ1n) is 7.39. The summed E-state index contributed by atoms with van der Waals surface area (Å²) < 4.78 is 37.9. The van der Waals surface area contributed by atoms with Crippen molar-refractivity contribution >= 4 is 0 Å². The third kappa shape index (κ3) is 5.66. The molecule has 0 saturated carbocycles. The lowest BCUT2D eigenvalue weighted by atomic mass is 9.91. The molecule has 1 fully saturated rings. The number of piperidine rings is 1. The molecule has 0 spiro atoms. The van der Waals surface area contributed by atoms with Crippen LogP contribution < -0.4 is 5.32 Å². The van der Waals surface area contributed by atoms with Crippen molar-refractivity contribution in [1.82, 2.24) is 10.2 Å². The first-order chi connectivity index (χ1) is 10.5. The monoisotopic (exact) mass is 311 g/mol. The summed E-state index contributed by atoms with van der Waals surface area (Å²) in [6.07, 6.45) is -4.43. The number of likely N-dealkylation sites (tertiary alicyclic amines) is 1. The Labute approximate surface area is 128 Å². The number of halogens is 3. The van der Waals surface area contributed by atoms with Gasteiger partial charge in [-0.3, -0.25) is 4.90 Å². The molecule has 0 radical (unpaired) electrons. The lowest BCUT2D eigenvalue weighted by molar-refractivity contribution is -0.148. The van der Waals surface area contributed by atoms with Crippen LogP contribution in [0.3, 0.4) is 0 Å². The predicted octanol–water partition coefficient (Wildman–Crippen LogP) is 2.94. The third-order valence-electron chi connectivity index (χ3n) is 3.86. The molecule has 1 saturated heterocycles. The van der Waals surface area contributed by atoms with E-state index in [4.69, 9.17) is 5.26 Å².